The van der Waals surface area contributed by atoms with Crippen molar-refractivity contribution in [2.75, 3.05) is 19.0 Å². The lowest BCUT2D eigenvalue weighted by Gasteiger charge is -2.18. The lowest BCUT2D eigenvalue weighted by atomic mass is 10.1. The summed E-state index contributed by atoms with van der Waals surface area (Å²) in [5.41, 5.74) is 0.821. The molecule has 1 rings (SSSR count). The van der Waals surface area contributed by atoms with Gasteiger partial charge in [-0.15, -0.1) is 0 Å². The van der Waals surface area contributed by atoms with Crippen molar-refractivity contribution in [3.8, 4) is 5.75 Å². The van der Waals surface area contributed by atoms with E-state index in [1.54, 1.807) is 7.11 Å². The highest BCUT2D eigenvalue weighted by atomic mass is 79.9. The second-order valence-corrected chi connectivity index (χ2v) is 7.01. The Morgan fingerprint density at radius 3 is 2.48 bits per heavy atom. The number of halogens is 2. The van der Waals surface area contributed by atoms with E-state index in [1.807, 2.05) is 19.1 Å². The van der Waals surface area contributed by atoms with Gasteiger partial charge >= 0.3 is 0 Å². The molecule has 0 saturated carbocycles. The van der Waals surface area contributed by atoms with Gasteiger partial charge in [-0.2, -0.15) is 0 Å². The molecule has 0 saturated heterocycles. The predicted octanol–water partition coefficient (Wildman–Crippen LogP) is 4.18. The first-order chi connectivity index (χ1) is 9.85. The Hall–Kier alpha value is -0.750. The number of rotatable bonds is 7. The van der Waals surface area contributed by atoms with Crippen LogP contribution in [0.5, 0.6) is 5.75 Å². The standard InChI is InChI=1S/C15H22Br2N2O2/c1-9(2)5-6-18-15(20)10(3)19-13-8-14(21-4)12(17)7-11(13)16/h7-10,19H,5-6H2,1-4H3,(H,18,20). The summed E-state index contributed by atoms with van der Waals surface area (Å²) in [4.78, 5) is 12.0. The van der Waals surface area contributed by atoms with Crippen molar-refractivity contribution in [1.82, 2.24) is 5.32 Å². The quantitative estimate of drug-likeness (QED) is 0.694. The molecule has 118 valence electrons. The molecule has 1 atom stereocenters. The van der Waals surface area contributed by atoms with Crippen molar-refractivity contribution in [2.24, 2.45) is 5.92 Å². The van der Waals surface area contributed by atoms with Crippen LogP contribution in [0.15, 0.2) is 21.1 Å². The Morgan fingerprint density at radius 1 is 1.24 bits per heavy atom. The summed E-state index contributed by atoms with van der Waals surface area (Å²) in [7, 11) is 1.61. The third kappa shape index (κ3) is 5.87. The minimum atomic E-state index is -0.320. The smallest absolute Gasteiger partial charge is 0.242 e. The summed E-state index contributed by atoms with van der Waals surface area (Å²) in [5, 5.41) is 6.13. The molecule has 1 amide bonds. The van der Waals surface area contributed by atoms with E-state index in [0.717, 1.165) is 21.1 Å². The summed E-state index contributed by atoms with van der Waals surface area (Å²) in [6.45, 7) is 6.82. The second kappa shape index (κ2) is 8.63. The van der Waals surface area contributed by atoms with Crippen molar-refractivity contribution < 1.29 is 9.53 Å². The summed E-state index contributed by atoms with van der Waals surface area (Å²) in [6.07, 6.45) is 0.980. The fourth-order valence-electron chi connectivity index (χ4n) is 1.73. The maximum absolute atomic E-state index is 12.0. The monoisotopic (exact) mass is 420 g/mol. The molecule has 6 heteroatoms. The van der Waals surface area contributed by atoms with Gasteiger partial charge in [-0.25, -0.2) is 0 Å². The van der Waals surface area contributed by atoms with Gasteiger partial charge in [-0.3, -0.25) is 4.79 Å². The number of benzene rings is 1. The summed E-state index contributed by atoms with van der Waals surface area (Å²) in [6, 6.07) is 3.43. The second-order valence-electron chi connectivity index (χ2n) is 5.31. The minimum Gasteiger partial charge on any atom is -0.495 e. The summed E-state index contributed by atoms with van der Waals surface area (Å²) < 4.78 is 7.00. The van der Waals surface area contributed by atoms with Gasteiger partial charge in [0.25, 0.3) is 0 Å². The van der Waals surface area contributed by atoms with Crippen LogP contribution in [0.3, 0.4) is 0 Å². The zero-order valence-corrected chi connectivity index (χ0v) is 16.0. The van der Waals surface area contributed by atoms with Gasteiger partial charge in [0.2, 0.25) is 5.91 Å². The highest BCUT2D eigenvalue weighted by Gasteiger charge is 2.15. The van der Waals surface area contributed by atoms with Crippen LogP contribution >= 0.6 is 31.9 Å². The van der Waals surface area contributed by atoms with E-state index in [1.165, 1.54) is 0 Å². The summed E-state index contributed by atoms with van der Waals surface area (Å²) in [5.74, 6) is 1.29. The first-order valence-corrected chi connectivity index (χ1v) is 8.51. The zero-order chi connectivity index (χ0) is 16.0. The molecule has 1 aromatic carbocycles. The van der Waals surface area contributed by atoms with Crippen LogP contribution in [0.2, 0.25) is 0 Å². The number of carbonyl (C=O) groups excluding carboxylic acids is 1. The molecule has 0 aliphatic rings. The van der Waals surface area contributed by atoms with E-state index in [4.69, 9.17) is 4.74 Å². The molecule has 0 spiro atoms. The van der Waals surface area contributed by atoms with Crippen molar-refractivity contribution >= 4 is 43.5 Å². The van der Waals surface area contributed by atoms with Gasteiger partial charge in [0.1, 0.15) is 11.8 Å². The predicted molar refractivity (Wildman–Crippen MR) is 93.9 cm³/mol. The van der Waals surface area contributed by atoms with E-state index in [-0.39, 0.29) is 11.9 Å². The number of ether oxygens (including phenoxy) is 1. The average molecular weight is 422 g/mol. The first-order valence-electron chi connectivity index (χ1n) is 6.92. The Balaban J connectivity index is 2.65. The SMILES string of the molecule is COc1cc(NC(C)C(=O)NCCC(C)C)c(Br)cc1Br. The molecule has 0 aliphatic carbocycles. The maximum Gasteiger partial charge on any atom is 0.242 e. The number of hydrogen-bond acceptors (Lipinski definition) is 3. The molecule has 1 aromatic rings. The average Bonchev–Trinajstić information content (AvgIpc) is 2.41. The maximum atomic E-state index is 12.0. The van der Waals surface area contributed by atoms with Crippen molar-refractivity contribution in [1.29, 1.82) is 0 Å². The Bertz CT molecular complexity index is 493. The highest BCUT2D eigenvalue weighted by molar-refractivity contribution is 9.11. The largest absolute Gasteiger partial charge is 0.495 e. The van der Waals surface area contributed by atoms with Crippen LogP contribution in [0.4, 0.5) is 5.69 Å². The Labute approximate surface area is 143 Å². The van der Waals surface area contributed by atoms with Crippen LogP contribution in [-0.2, 0) is 4.79 Å². The molecule has 1 unspecified atom stereocenters. The molecule has 0 radical (unpaired) electrons. The molecular weight excluding hydrogens is 400 g/mol. The molecule has 21 heavy (non-hydrogen) atoms. The van der Waals surface area contributed by atoms with E-state index in [2.05, 4.69) is 56.3 Å². The molecular formula is C15H22Br2N2O2. The Kier molecular flexibility index (Phi) is 7.52. The third-order valence-electron chi connectivity index (χ3n) is 3.03. The zero-order valence-electron chi connectivity index (χ0n) is 12.8. The number of carbonyl (C=O) groups is 1. The normalized spacial score (nSPS) is 12.1. The Morgan fingerprint density at radius 2 is 1.90 bits per heavy atom. The van der Waals surface area contributed by atoms with Gasteiger partial charge in [0.05, 0.1) is 17.3 Å². The van der Waals surface area contributed by atoms with E-state index in [0.29, 0.717) is 18.2 Å². The lowest BCUT2D eigenvalue weighted by molar-refractivity contribution is -0.121. The van der Waals surface area contributed by atoms with Crippen molar-refractivity contribution in [3.63, 3.8) is 0 Å². The van der Waals surface area contributed by atoms with Crippen LogP contribution < -0.4 is 15.4 Å². The first kappa shape index (κ1) is 18.3. The highest BCUT2D eigenvalue weighted by Crippen LogP contribution is 2.34. The van der Waals surface area contributed by atoms with Gasteiger partial charge in [-0.1, -0.05) is 13.8 Å². The van der Waals surface area contributed by atoms with Crippen LogP contribution in [0, 0.1) is 5.92 Å². The molecule has 0 heterocycles. The summed E-state index contributed by atoms with van der Waals surface area (Å²) >= 11 is 6.90. The van der Waals surface area contributed by atoms with Crippen LogP contribution in [-0.4, -0.2) is 25.6 Å². The molecule has 2 N–H and O–H groups in total. The fraction of sp³-hybridized carbons (Fsp3) is 0.533. The van der Waals surface area contributed by atoms with E-state index in [9.17, 15) is 4.79 Å². The van der Waals surface area contributed by atoms with Crippen molar-refractivity contribution in [2.45, 2.75) is 33.2 Å². The lowest BCUT2D eigenvalue weighted by Crippen LogP contribution is -2.38. The molecule has 4 nitrogen and oxygen atoms in total. The fourth-order valence-corrected chi connectivity index (χ4v) is 3.00. The van der Waals surface area contributed by atoms with Crippen LogP contribution in [0.1, 0.15) is 27.2 Å². The van der Waals surface area contributed by atoms with Gasteiger partial charge < -0.3 is 15.4 Å². The number of anilines is 1. The number of methoxy groups -OCH3 is 1. The number of hydrogen-bond donors (Lipinski definition) is 2. The number of nitrogens with one attached hydrogen (secondary N) is 2. The topological polar surface area (TPSA) is 50.4 Å². The molecule has 0 bridgehead atoms. The van der Waals surface area contributed by atoms with Gasteiger partial charge in [0, 0.05) is 17.1 Å². The molecule has 0 aromatic heterocycles. The molecule has 0 fully saturated rings. The van der Waals surface area contributed by atoms with E-state index >= 15 is 0 Å². The van der Waals surface area contributed by atoms with Crippen LogP contribution in [0.25, 0.3) is 0 Å². The van der Waals surface area contributed by atoms with Crippen molar-refractivity contribution in [3.05, 3.63) is 21.1 Å². The van der Waals surface area contributed by atoms with E-state index < -0.39 is 0 Å². The minimum absolute atomic E-state index is 0.00978. The third-order valence-corrected chi connectivity index (χ3v) is 4.30. The number of amides is 1. The van der Waals surface area contributed by atoms with Gasteiger partial charge in [0.15, 0.2) is 0 Å². The van der Waals surface area contributed by atoms with Gasteiger partial charge in [-0.05, 0) is 57.2 Å². The molecule has 0 aliphatic heterocycles.